The van der Waals surface area contributed by atoms with Gasteiger partial charge in [-0.05, 0) is 12.1 Å². The first-order valence-electron chi connectivity index (χ1n) is 4.66. The number of carbonyl (C=O) groups is 1. The predicted octanol–water partition coefficient (Wildman–Crippen LogP) is 1.33. The Bertz CT molecular complexity index is 324. The topological polar surface area (TPSA) is 46.6 Å². The molecule has 15 heavy (non-hydrogen) atoms. The predicted molar refractivity (Wildman–Crippen MR) is 54.8 cm³/mol. The van der Waals surface area contributed by atoms with Crippen molar-refractivity contribution < 1.29 is 14.4 Å². The minimum atomic E-state index is -0.248. The molecule has 0 aliphatic carbocycles. The number of amides is 1. The Kier molecular flexibility index (Phi) is 4.34. The molecule has 0 spiro atoms. The van der Waals surface area contributed by atoms with Crippen molar-refractivity contribution in [1.29, 1.82) is 0 Å². The highest BCUT2D eigenvalue weighted by Gasteiger charge is 2.12. The number of hydrogen-bond donors (Lipinski definition) is 0. The highest BCUT2D eigenvalue weighted by atomic mass is 16.7. The lowest BCUT2D eigenvalue weighted by molar-refractivity contribution is -0.154. The molecule has 1 rings (SSSR count). The Morgan fingerprint density at radius 2 is 2.07 bits per heavy atom. The van der Waals surface area contributed by atoms with Gasteiger partial charge in [-0.3, -0.25) is 9.59 Å². The third-order valence-corrected chi connectivity index (χ3v) is 1.75. The van der Waals surface area contributed by atoms with Gasteiger partial charge >= 0.3 is 0 Å². The molecule has 0 bridgehead atoms. The first-order chi connectivity index (χ1) is 7.27. The molecule has 0 unspecified atom stereocenters. The van der Waals surface area contributed by atoms with Gasteiger partial charge in [-0.2, -0.15) is 5.06 Å². The number of para-hydroxylation sites is 1. The van der Waals surface area contributed by atoms with Gasteiger partial charge in [0, 0.05) is 6.42 Å². The quantitative estimate of drug-likeness (QED) is 0.683. The Balaban J connectivity index is 2.66. The normalized spacial score (nSPS) is 9.40. The second-order valence-corrected chi connectivity index (χ2v) is 2.83. The summed E-state index contributed by atoms with van der Waals surface area (Å²) in [6.45, 7) is 1.52. The molecule has 1 aromatic rings. The van der Waals surface area contributed by atoms with Gasteiger partial charge in [-0.25, -0.2) is 0 Å². The Morgan fingerprint density at radius 1 is 1.40 bits per heavy atom. The number of hydroxylamine groups is 2. The molecule has 1 amide bonds. The summed E-state index contributed by atoms with van der Waals surface area (Å²) in [6.07, 6.45) is 1.92. The van der Waals surface area contributed by atoms with Gasteiger partial charge in [-0.1, -0.05) is 25.1 Å². The molecule has 0 aliphatic rings. The van der Waals surface area contributed by atoms with Crippen molar-refractivity contribution >= 4 is 12.2 Å². The summed E-state index contributed by atoms with van der Waals surface area (Å²) >= 11 is 0. The third kappa shape index (κ3) is 3.42. The largest absolute Gasteiger partial charge is 0.376 e. The van der Waals surface area contributed by atoms with E-state index < -0.39 is 0 Å². The van der Waals surface area contributed by atoms with Gasteiger partial charge < -0.3 is 4.84 Å². The van der Waals surface area contributed by atoms with Crippen molar-refractivity contribution in [3.63, 3.8) is 0 Å². The molecule has 1 aromatic carbocycles. The van der Waals surface area contributed by atoms with Crippen molar-refractivity contribution in [2.24, 2.45) is 0 Å². The van der Waals surface area contributed by atoms with E-state index in [9.17, 15) is 9.59 Å². The summed E-state index contributed by atoms with van der Waals surface area (Å²) in [6, 6.07) is 8.83. The van der Waals surface area contributed by atoms with Crippen LogP contribution in [0.1, 0.15) is 13.3 Å². The smallest absolute Gasteiger partial charge is 0.255 e. The molecule has 0 fully saturated rings. The number of nitrogens with zero attached hydrogens (tertiary/aromatic N) is 1. The van der Waals surface area contributed by atoms with Gasteiger partial charge in [0.25, 0.3) is 5.91 Å². The third-order valence-electron chi connectivity index (χ3n) is 1.75. The van der Waals surface area contributed by atoms with Crippen molar-refractivity contribution in [1.82, 2.24) is 5.06 Å². The van der Waals surface area contributed by atoms with E-state index in [-0.39, 0.29) is 18.9 Å². The number of benzene rings is 1. The minimum absolute atomic E-state index is 0.179. The monoisotopic (exact) mass is 206 g/mol. The van der Waals surface area contributed by atoms with E-state index in [0.29, 0.717) is 5.75 Å². The van der Waals surface area contributed by atoms with E-state index in [1.165, 1.54) is 0 Å². The second kappa shape index (κ2) is 5.80. The molecule has 0 saturated carbocycles. The molecule has 0 N–H and O–H groups in total. The lowest BCUT2D eigenvalue weighted by atomic mass is 10.3. The summed E-state index contributed by atoms with van der Waals surface area (Å²) in [5, 5.41) is 1.00. The van der Waals surface area contributed by atoms with Crippen molar-refractivity contribution in [3.8, 4) is 5.75 Å². The molecule has 0 aromatic heterocycles. The molecule has 1 radical (unpaired) electrons. The van der Waals surface area contributed by atoms with Gasteiger partial charge in [0.1, 0.15) is 6.54 Å². The maximum absolute atomic E-state index is 11.3. The SMILES string of the molecule is CCC(=O)N(C[C]=O)Oc1ccccc1. The highest BCUT2D eigenvalue weighted by molar-refractivity contribution is 5.77. The lowest BCUT2D eigenvalue weighted by Gasteiger charge is -2.18. The lowest BCUT2D eigenvalue weighted by Crippen LogP contribution is -2.35. The molecule has 0 aliphatic heterocycles. The summed E-state index contributed by atoms with van der Waals surface area (Å²) in [5.74, 6) is 0.275. The van der Waals surface area contributed by atoms with Crippen LogP contribution in [0.3, 0.4) is 0 Å². The number of carbonyl (C=O) groups excluding carboxylic acids is 2. The van der Waals surface area contributed by atoms with Gasteiger partial charge in [0.05, 0.1) is 0 Å². The summed E-state index contributed by atoms with van der Waals surface area (Å²) in [5.41, 5.74) is 0. The molecule has 0 atom stereocenters. The summed E-state index contributed by atoms with van der Waals surface area (Å²) in [4.78, 5) is 26.8. The molecule has 4 nitrogen and oxygen atoms in total. The maximum atomic E-state index is 11.3. The molecular formula is C11H12NO3. The van der Waals surface area contributed by atoms with Gasteiger partial charge in [0.2, 0.25) is 6.29 Å². The zero-order chi connectivity index (χ0) is 11.1. The standard InChI is InChI=1S/C11H12NO3/c1-2-11(14)12(8-9-13)15-10-6-4-3-5-7-10/h3-7H,2,8H2,1H3. The van der Waals surface area contributed by atoms with Gasteiger partial charge in [-0.15, -0.1) is 0 Å². The van der Waals surface area contributed by atoms with Crippen LogP contribution < -0.4 is 4.84 Å². The zero-order valence-electron chi connectivity index (χ0n) is 8.47. The van der Waals surface area contributed by atoms with E-state index in [1.807, 2.05) is 6.07 Å². The molecular weight excluding hydrogens is 194 g/mol. The zero-order valence-corrected chi connectivity index (χ0v) is 8.47. The van der Waals surface area contributed by atoms with E-state index in [4.69, 9.17) is 4.84 Å². The summed E-state index contributed by atoms with van der Waals surface area (Å²) < 4.78 is 0. The van der Waals surface area contributed by atoms with E-state index in [2.05, 4.69) is 0 Å². The fourth-order valence-corrected chi connectivity index (χ4v) is 1.01. The minimum Gasteiger partial charge on any atom is -0.376 e. The van der Waals surface area contributed by atoms with Crippen LogP contribution >= 0.6 is 0 Å². The van der Waals surface area contributed by atoms with Crippen LogP contribution in [-0.4, -0.2) is 23.8 Å². The first kappa shape index (κ1) is 11.2. The highest BCUT2D eigenvalue weighted by Crippen LogP contribution is 2.10. The Hall–Kier alpha value is -1.84. The van der Waals surface area contributed by atoms with Crippen molar-refractivity contribution in [2.75, 3.05) is 6.54 Å². The van der Waals surface area contributed by atoms with E-state index >= 15 is 0 Å². The Morgan fingerprint density at radius 3 is 2.60 bits per heavy atom. The summed E-state index contributed by atoms with van der Waals surface area (Å²) in [7, 11) is 0. The van der Waals surface area contributed by atoms with E-state index in [1.54, 1.807) is 37.5 Å². The molecule has 79 valence electrons. The number of rotatable bonds is 5. The maximum Gasteiger partial charge on any atom is 0.255 e. The average Bonchev–Trinajstić information content (AvgIpc) is 2.29. The van der Waals surface area contributed by atoms with Crippen molar-refractivity contribution in [2.45, 2.75) is 13.3 Å². The average molecular weight is 206 g/mol. The van der Waals surface area contributed by atoms with Crippen molar-refractivity contribution in [3.05, 3.63) is 30.3 Å². The molecule has 0 heterocycles. The van der Waals surface area contributed by atoms with Crippen LogP contribution in [0, 0.1) is 0 Å². The van der Waals surface area contributed by atoms with E-state index in [0.717, 1.165) is 5.06 Å². The fraction of sp³-hybridized carbons (Fsp3) is 0.273. The van der Waals surface area contributed by atoms with Crippen LogP contribution in [0.4, 0.5) is 0 Å². The fourth-order valence-electron chi connectivity index (χ4n) is 1.01. The second-order valence-electron chi connectivity index (χ2n) is 2.83. The van der Waals surface area contributed by atoms with Crippen LogP contribution in [0.25, 0.3) is 0 Å². The first-order valence-corrected chi connectivity index (χ1v) is 4.66. The van der Waals surface area contributed by atoms with Crippen LogP contribution in [-0.2, 0) is 9.59 Å². The number of hydrogen-bond acceptors (Lipinski definition) is 3. The molecule has 0 saturated heterocycles. The van der Waals surface area contributed by atoms with Crippen LogP contribution in [0.2, 0.25) is 0 Å². The molecule has 4 heteroatoms. The van der Waals surface area contributed by atoms with Crippen LogP contribution in [0.5, 0.6) is 5.75 Å². The Labute approximate surface area is 88.4 Å². The van der Waals surface area contributed by atoms with Gasteiger partial charge in [0.15, 0.2) is 5.75 Å². The van der Waals surface area contributed by atoms with Crippen LogP contribution in [0.15, 0.2) is 30.3 Å².